The Bertz CT molecular complexity index is 152. The van der Waals surface area contributed by atoms with Crippen molar-refractivity contribution in [1.82, 2.24) is 4.90 Å². The highest BCUT2D eigenvalue weighted by molar-refractivity contribution is 6.36. The van der Waals surface area contributed by atoms with Crippen molar-refractivity contribution in [1.29, 1.82) is 0 Å². The van der Waals surface area contributed by atoms with E-state index in [1.54, 1.807) is 0 Å². The highest BCUT2D eigenvalue weighted by Crippen LogP contribution is 1.92. The maximum absolute atomic E-state index is 10.8. The molecule has 0 aromatic heterocycles. The van der Waals surface area contributed by atoms with Gasteiger partial charge in [0.15, 0.2) is 11.6 Å². The molecule has 0 aliphatic rings. The molecule has 3 heteroatoms. The average molecular weight is 157 g/mol. The van der Waals surface area contributed by atoms with E-state index in [4.69, 9.17) is 0 Å². The van der Waals surface area contributed by atoms with E-state index in [2.05, 4.69) is 0 Å². The minimum absolute atomic E-state index is 0.258. The van der Waals surface area contributed by atoms with Gasteiger partial charge in [-0.1, -0.05) is 0 Å². The van der Waals surface area contributed by atoms with Crippen molar-refractivity contribution in [2.24, 2.45) is 0 Å². The van der Waals surface area contributed by atoms with E-state index in [1.807, 2.05) is 19.0 Å². The Morgan fingerprint density at radius 2 is 1.82 bits per heavy atom. The minimum atomic E-state index is -0.330. The van der Waals surface area contributed by atoms with Crippen molar-refractivity contribution in [3.8, 4) is 0 Å². The molecule has 0 aliphatic heterocycles. The zero-order valence-electron chi connectivity index (χ0n) is 7.39. The molecule has 0 amide bonds. The van der Waals surface area contributed by atoms with Crippen LogP contribution in [0.5, 0.6) is 0 Å². The summed E-state index contributed by atoms with van der Waals surface area (Å²) in [5.74, 6) is -0.587. The maximum Gasteiger partial charge on any atom is 0.198 e. The highest BCUT2D eigenvalue weighted by atomic mass is 16.2. The maximum atomic E-state index is 10.8. The summed E-state index contributed by atoms with van der Waals surface area (Å²) in [6, 6.07) is 0. The van der Waals surface area contributed by atoms with Crippen molar-refractivity contribution >= 4 is 11.6 Å². The van der Waals surface area contributed by atoms with Gasteiger partial charge in [0.25, 0.3) is 0 Å². The second kappa shape index (κ2) is 5.02. The third-order valence-electron chi connectivity index (χ3n) is 1.40. The normalized spacial score (nSPS) is 10.2. The van der Waals surface area contributed by atoms with E-state index in [0.29, 0.717) is 6.42 Å². The van der Waals surface area contributed by atoms with Crippen molar-refractivity contribution in [3.63, 3.8) is 0 Å². The largest absolute Gasteiger partial charge is 0.309 e. The van der Waals surface area contributed by atoms with Crippen LogP contribution in [0.4, 0.5) is 0 Å². The Morgan fingerprint density at radius 3 is 2.18 bits per heavy atom. The minimum Gasteiger partial charge on any atom is -0.309 e. The second-order valence-corrected chi connectivity index (χ2v) is 2.89. The lowest BCUT2D eigenvalue weighted by atomic mass is 10.1. The molecule has 0 bridgehead atoms. The quantitative estimate of drug-likeness (QED) is 0.545. The zero-order valence-corrected chi connectivity index (χ0v) is 7.39. The Kier molecular flexibility index (Phi) is 4.70. The van der Waals surface area contributed by atoms with Gasteiger partial charge in [0, 0.05) is 13.3 Å². The number of rotatable bonds is 5. The van der Waals surface area contributed by atoms with Gasteiger partial charge in [-0.3, -0.25) is 9.59 Å². The number of nitrogens with zero attached hydrogens (tertiary/aromatic N) is 1. The van der Waals surface area contributed by atoms with Gasteiger partial charge >= 0.3 is 0 Å². The smallest absolute Gasteiger partial charge is 0.198 e. The molecule has 0 aliphatic carbocycles. The summed E-state index contributed by atoms with van der Waals surface area (Å²) in [6.45, 7) is 2.18. The third-order valence-corrected chi connectivity index (χ3v) is 1.40. The van der Waals surface area contributed by atoms with Crippen LogP contribution in [0.3, 0.4) is 0 Å². The van der Waals surface area contributed by atoms with Crippen molar-refractivity contribution in [3.05, 3.63) is 0 Å². The van der Waals surface area contributed by atoms with E-state index in [0.717, 1.165) is 13.0 Å². The summed E-state index contributed by atoms with van der Waals surface area (Å²) in [5.41, 5.74) is 0. The fourth-order valence-electron chi connectivity index (χ4n) is 0.732. The summed E-state index contributed by atoms with van der Waals surface area (Å²) >= 11 is 0. The lowest BCUT2D eigenvalue weighted by molar-refractivity contribution is -0.135. The Morgan fingerprint density at radius 1 is 1.27 bits per heavy atom. The first-order valence-electron chi connectivity index (χ1n) is 3.72. The first kappa shape index (κ1) is 10.3. The molecule has 0 atom stereocenters. The lowest BCUT2D eigenvalue weighted by Crippen LogP contribution is -2.16. The van der Waals surface area contributed by atoms with Crippen molar-refractivity contribution < 1.29 is 9.59 Å². The molecule has 0 saturated carbocycles. The SMILES string of the molecule is CC(=O)C(=O)CCCN(C)C. The molecular formula is C8H15NO2. The van der Waals surface area contributed by atoms with Gasteiger partial charge in [0.2, 0.25) is 0 Å². The van der Waals surface area contributed by atoms with Gasteiger partial charge in [-0.15, -0.1) is 0 Å². The Hall–Kier alpha value is -0.700. The Balaban J connectivity index is 3.40. The number of hydrogen-bond donors (Lipinski definition) is 0. The zero-order chi connectivity index (χ0) is 8.85. The molecule has 3 nitrogen and oxygen atoms in total. The first-order chi connectivity index (χ1) is 5.04. The third kappa shape index (κ3) is 5.73. The molecule has 0 rings (SSSR count). The molecule has 0 fully saturated rings. The van der Waals surface area contributed by atoms with Crippen LogP contribution in [0.15, 0.2) is 0 Å². The van der Waals surface area contributed by atoms with Crippen LogP contribution in [0.1, 0.15) is 19.8 Å². The van der Waals surface area contributed by atoms with Gasteiger partial charge < -0.3 is 4.90 Å². The number of ketones is 2. The van der Waals surface area contributed by atoms with Crippen LogP contribution in [0.25, 0.3) is 0 Å². The topological polar surface area (TPSA) is 37.4 Å². The fraction of sp³-hybridized carbons (Fsp3) is 0.750. The predicted molar refractivity (Wildman–Crippen MR) is 43.5 cm³/mol. The fourth-order valence-corrected chi connectivity index (χ4v) is 0.732. The molecule has 0 spiro atoms. The van der Waals surface area contributed by atoms with E-state index in [1.165, 1.54) is 6.92 Å². The molecule has 11 heavy (non-hydrogen) atoms. The highest BCUT2D eigenvalue weighted by Gasteiger charge is 2.06. The van der Waals surface area contributed by atoms with E-state index in [-0.39, 0.29) is 11.6 Å². The van der Waals surface area contributed by atoms with Gasteiger partial charge in [-0.25, -0.2) is 0 Å². The van der Waals surface area contributed by atoms with Gasteiger partial charge in [-0.05, 0) is 27.1 Å². The monoisotopic (exact) mass is 157 g/mol. The van der Waals surface area contributed by atoms with E-state index < -0.39 is 0 Å². The van der Waals surface area contributed by atoms with E-state index >= 15 is 0 Å². The van der Waals surface area contributed by atoms with Crippen molar-refractivity contribution in [2.45, 2.75) is 19.8 Å². The molecule has 0 radical (unpaired) electrons. The molecule has 0 saturated heterocycles. The standard InChI is InChI=1S/C8H15NO2/c1-7(10)8(11)5-4-6-9(2)3/h4-6H2,1-3H3. The molecule has 0 aromatic carbocycles. The van der Waals surface area contributed by atoms with Gasteiger partial charge in [0.05, 0.1) is 0 Å². The first-order valence-corrected chi connectivity index (χ1v) is 3.72. The van der Waals surface area contributed by atoms with Crippen LogP contribution < -0.4 is 0 Å². The molecule has 64 valence electrons. The van der Waals surface area contributed by atoms with Crippen LogP contribution >= 0.6 is 0 Å². The second-order valence-electron chi connectivity index (χ2n) is 2.89. The summed E-state index contributed by atoms with van der Waals surface area (Å²) in [4.78, 5) is 23.2. The number of carbonyl (C=O) groups excluding carboxylic acids is 2. The number of Topliss-reactive ketones (excluding diaryl/α,β-unsaturated/α-hetero) is 2. The van der Waals surface area contributed by atoms with E-state index in [9.17, 15) is 9.59 Å². The summed E-state index contributed by atoms with van der Waals surface area (Å²) in [6.07, 6.45) is 1.15. The van der Waals surface area contributed by atoms with Crippen LogP contribution in [0, 0.1) is 0 Å². The van der Waals surface area contributed by atoms with Crippen LogP contribution in [-0.4, -0.2) is 37.1 Å². The summed E-state index contributed by atoms with van der Waals surface area (Å²) < 4.78 is 0. The molecule has 0 aromatic rings. The molecule has 0 unspecified atom stereocenters. The van der Waals surface area contributed by atoms with Crippen LogP contribution in [0.2, 0.25) is 0 Å². The van der Waals surface area contributed by atoms with Crippen molar-refractivity contribution in [2.75, 3.05) is 20.6 Å². The predicted octanol–water partition coefficient (Wildman–Crippen LogP) is 0.486. The summed E-state index contributed by atoms with van der Waals surface area (Å²) in [7, 11) is 3.89. The number of hydrogen-bond acceptors (Lipinski definition) is 3. The number of carbonyl (C=O) groups is 2. The summed E-state index contributed by atoms with van der Waals surface area (Å²) in [5, 5.41) is 0. The lowest BCUT2D eigenvalue weighted by Gasteiger charge is -2.06. The Labute approximate surface area is 67.4 Å². The molecule has 0 N–H and O–H groups in total. The van der Waals surface area contributed by atoms with Crippen LogP contribution in [-0.2, 0) is 9.59 Å². The molecule has 0 heterocycles. The average Bonchev–Trinajstić information content (AvgIpc) is 1.86. The molecular weight excluding hydrogens is 142 g/mol. The van der Waals surface area contributed by atoms with Gasteiger partial charge in [-0.2, -0.15) is 0 Å². The van der Waals surface area contributed by atoms with Gasteiger partial charge in [0.1, 0.15) is 0 Å².